The molecule has 0 radical (unpaired) electrons. The first-order valence-corrected chi connectivity index (χ1v) is 8.14. The summed E-state index contributed by atoms with van der Waals surface area (Å²) in [5, 5.41) is 0. The van der Waals surface area contributed by atoms with Gasteiger partial charge in [0.25, 0.3) is 0 Å². The van der Waals surface area contributed by atoms with Crippen LogP contribution in [0.4, 0.5) is 0 Å². The molecule has 2 fully saturated rings. The summed E-state index contributed by atoms with van der Waals surface area (Å²) in [6, 6.07) is 0. The first kappa shape index (κ1) is 15.2. The highest BCUT2D eigenvalue weighted by atomic mass is 15.3. The monoisotopic (exact) mass is 268 g/mol. The van der Waals surface area contributed by atoms with Crippen molar-refractivity contribution < 1.29 is 0 Å². The van der Waals surface area contributed by atoms with Crippen LogP contribution in [0, 0.1) is 0 Å². The minimum Gasteiger partial charge on any atom is -0.329 e. The molecule has 4 heteroatoms. The molecule has 2 N–H and O–H groups in total. The molecule has 0 saturated carbocycles. The number of hydrogen-bond acceptors (Lipinski definition) is 4. The van der Waals surface area contributed by atoms with Gasteiger partial charge in [-0.25, -0.2) is 0 Å². The fourth-order valence-electron chi connectivity index (χ4n) is 3.70. The van der Waals surface area contributed by atoms with Crippen LogP contribution in [-0.4, -0.2) is 79.1 Å². The molecule has 0 aliphatic carbocycles. The fourth-order valence-corrected chi connectivity index (χ4v) is 3.70. The smallest absolute Gasteiger partial charge is 0.0357 e. The molecule has 2 heterocycles. The van der Waals surface area contributed by atoms with E-state index in [1.807, 2.05) is 0 Å². The van der Waals surface area contributed by atoms with Crippen molar-refractivity contribution in [1.29, 1.82) is 0 Å². The van der Waals surface area contributed by atoms with Crippen LogP contribution in [0.5, 0.6) is 0 Å². The summed E-state index contributed by atoms with van der Waals surface area (Å²) >= 11 is 0. The number of nitrogens with zero attached hydrogens (tertiary/aromatic N) is 3. The molecule has 0 amide bonds. The van der Waals surface area contributed by atoms with Crippen LogP contribution in [-0.2, 0) is 0 Å². The van der Waals surface area contributed by atoms with Crippen molar-refractivity contribution in [2.75, 3.05) is 58.9 Å². The van der Waals surface area contributed by atoms with E-state index in [1.165, 1.54) is 71.6 Å². The Kier molecular flexibility index (Phi) is 5.63. The van der Waals surface area contributed by atoms with Gasteiger partial charge < -0.3 is 15.5 Å². The molecule has 4 nitrogen and oxygen atoms in total. The Morgan fingerprint density at radius 2 is 1.53 bits per heavy atom. The average Bonchev–Trinajstić information content (AvgIpc) is 2.48. The van der Waals surface area contributed by atoms with Crippen molar-refractivity contribution in [2.45, 2.75) is 38.6 Å². The maximum atomic E-state index is 6.18. The van der Waals surface area contributed by atoms with Crippen molar-refractivity contribution in [2.24, 2.45) is 5.73 Å². The first-order chi connectivity index (χ1) is 9.24. The minimum absolute atomic E-state index is 0.296. The predicted octanol–water partition coefficient (Wildman–Crippen LogP) is 0.827. The molecule has 0 bridgehead atoms. The Bertz CT molecular complexity index is 253. The highest BCUT2D eigenvalue weighted by molar-refractivity contribution is 4.97. The first-order valence-electron chi connectivity index (χ1n) is 8.14. The summed E-state index contributed by atoms with van der Waals surface area (Å²) in [6.07, 6.45) is 3.78. The van der Waals surface area contributed by atoms with E-state index in [1.54, 1.807) is 0 Å². The van der Waals surface area contributed by atoms with E-state index in [0.29, 0.717) is 5.54 Å². The van der Waals surface area contributed by atoms with Crippen molar-refractivity contribution in [1.82, 2.24) is 14.7 Å². The number of piperazine rings is 1. The largest absolute Gasteiger partial charge is 0.329 e. The maximum absolute atomic E-state index is 6.18. The lowest BCUT2D eigenvalue weighted by atomic mass is 9.85. The molecule has 0 atom stereocenters. The third kappa shape index (κ3) is 3.48. The number of likely N-dealkylation sites (tertiary alicyclic amines) is 1. The SMILES string of the molecule is CCCN1CCN(C2(CN)CCN(CC)CC2)CC1. The zero-order valence-electron chi connectivity index (χ0n) is 12.9. The summed E-state index contributed by atoms with van der Waals surface area (Å²) in [7, 11) is 0. The molecular formula is C15H32N4. The molecular weight excluding hydrogens is 236 g/mol. The van der Waals surface area contributed by atoms with Gasteiger partial charge in [0.05, 0.1) is 0 Å². The molecule has 0 unspecified atom stereocenters. The molecule has 0 aromatic rings. The van der Waals surface area contributed by atoms with Crippen molar-refractivity contribution in [3.05, 3.63) is 0 Å². The van der Waals surface area contributed by atoms with E-state index in [9.17, 15) is 0 Å². The lowest BCUT2D eigenvalue weighted by Crippen LogP contribution is -2.63. The normalized spacial score (nSPS) is 26.7. The Balaban J connectivity index is 1.88. The van der Waals surface area contributed by atoms with Crippen LogP contribution in [0.25, 0.3) is 0 Å². The lowest BCUT2D eigenvalue weighted by Gasteiger charge is -2.51. The Morgan fingerprint density at radius 3 is 2.00 bits per heavy atom. The van der Waals surface area contributed by atoms with Gasteiger partial charge in [-0.15, -0.1) is 0 Å². The van der Waals surface area contributed by atoms with E-state index in [0.717, 1.165) is 6.54 Å². The fraction of sp³-hybridized carbons (Fsp3) is 1.00. The van der Waals surface area contributed by atoms with Gasteiger partial charge in [0.15, 0.2) is 0 Å². The zero-order valence-corrected chi connectivity index (χ0v) is 12.9. The summed E-state index contributed by atoms with van der Waals surface area (Å²) in [5.74, 6) is 0. The average molecular weight is 268 g/mol. The zero-order chi connectivity index (χ0) is 13.7. The van der Waals surface area contributed by atoms with Gasteiger partial charge in [0.1, 0.15) is 0 Å². The summed E-state index contributed by atoms with van der Waals surface area (Å²) in [4.78, 5) is 7.86. The van der Waals surface area contributed by atoms with E-state index >= 15 is 0 Å². The minimum atomic E-state index is 0.296. The molecule has 0 aromatic carbocycles. The second-order valence-corrected chi connectivity index (χ2v) is 6.19. The van der Waals surface area contributed by atoms with Gasteiger partial charge >= 0.3 is 0 Å². The highest BCUT2D eigenvalue weighted by Crippen LogP contribution is 2.29. The van der Waals surface area contributed by atoms with Crippen LogP contribution >= 0.6 is 0 Å². The van der Waals surface area contributed by atoms with Crippen molar-refractivity contribution in [3.63, 3.8) is 0 Å². The van der Waals surface area contributed by atoms with Crippen LogP contribution in [0.1, 0.15) is 33.1 Å². The van der Waals surface area contributed by atoms with Gasteiger partial charge in [-0.3, -0.25) is 4.90 Å². The second kappa shape index (κ2) is 7.02. The van der Waals surface area contributed by atoms with Gasteiger partial charge in [-0.2, -0.15) is 0 Å². The third-order valence-electron chi connectivity index (χ3n) is 5.20. The molecule has 2 aliphatic heterocycles. The van der Waals surface area contributed by atoms with Gasteiger partial charge in [-0.1, -0.05) is 13.8 Å². The molecule has 19 heavy (non-hydrogen) atoms. The van der Waals surface area contributed by atoms with Gasteiger partial charge in [0.2, 0.25) is 0 Å². The summed E-state index contributed by atoms with van der Waals surface area (Å²) in [5.41, 5.74) is 6.47. The van der Waals surface area contributed by atoms with Crippen LogP contribution < -0.4 is 5.73 Å². The number of hydrogen-bond donors (Lipinski definition) is 1. The van der Waals surface area contributed by atoms with Gasteiger partial charge in [0, 0.05) is 38.3 Å². The summed E-state index contributed by atoms with van der Waals surface area (Å²) < 4.78 is 0. The van der Waals surface area contributed by atoms with Crippen LogP contribution in [0.2, 0.25) is 0 Å². The van der Waals surface area contributed by atoms with Crippen LogP contribution in [0.3, 0.4) is 0 Å². The topological polar surface area (TPSA) is 35.7 Å². The number of nitrogens with two attached hydrogens (primary N) is 1. The highest BCUT2D eigenvalue weighted by Gasteiger charge is 2.39. The Labute approximate surface area is 118 Å². The molecule has 0 aromatic heterocycles. The van der Waals surface area contributed by atoms with Crippen molar-refractivity contribution >= 4 is 0 Å². The van der Waals surface area contributed by atoms with E-state index in [4.69, 9.17) is 5.73 Å². The summed E-state index contributed by atoms with van der Waals surface area (Å²) in [6.45, 7) is 15.1. The molecule has 2 aliphatic rings. The Morgan fingerprint density at radius 1 is 0.895 bits per heavy atom. The number of rotatable bonds is 5. The molecule has 2 saturated heterocycles. The Hall–Kier alpha value is -0.160. The number of piperidine rings is 1. The van der Waals surface area contributed by atoms with Crippen LogP contribution in [0.15, 0.2) is 0 Å². The van der Waals surface area contributed by atoms with E-state index < -0.39 is 0 Å². The third-order valence-corrected chi connectivity index (χ3v) is 5.20. The lowest BCUT2D eigenvalue weighted by molar-refractivity contribution is -0.00463. The molecule has 0 spiro atoms. The van der Waals surface area contributed by atoms with E-state index in [2.05, 4.69) is 28.5 Å². The van der Waals surface area contributed by atoms with Crippen molar-refractivity contribution in [3.8, 4) is 0 Å². The molecule has 112 valence electrons. The second-order valence-electron chi connectivity index (χ2n) is 6.19. The molecule has 2 rings (SSSR count). The quantitative estimate of drug-likeness (QED) is 0.801. The van der Waals surface area contributed by atoms with Gasteiger partial charge in [-0.05, 0) is 45.4 Å². The van der Waals surface area contributed by atoms with E-state index in [-0.39, 0.29) is 0 Å². The predicted molar refractivity (Wildman–Crippen MR) is 81.4 cm³/mol. The standard InChI is InChI=1S/C15H32N4/c1-3-7-18-10-12-19(13-11-18)15(14-16)5-8-17(4-2)9-6-15/h3-14,16H2,1-2H3. The maximum Gasteiger partial charge on any atom is 0.0357 e.